The summed E-state index contributed by atoms with van der Waals surface area (Å²) in [6.45, 7) is 3.67. The molecule has 17 heavy (non-hydrogen) atoms. The number of hydrogen-bond acceptors (Lipinski definition) is 3. The van der Waals surface area contributed by atoms with Crippen LogP contribution >= 0.6 is 15.9 Å². The summed E-state index contributed by atoms with van der Waals surface area (Å²) in [6, 6.07) is 4.89. The normalized spacial score (nSPS) is 12.2. The van der Waals surface area contributed by atoms with E-state index >= 15 is 0 Å². The molecular weight excluding hydrogens is 286 g/mol. The van der Waals surface area contributed by atoms with Crippen molar-refractivity contribution in [1.82, 2.24) is 0 Å². The molecule has 0 aliphatic rings. The van der Waals surface area contributed by atoms with Gasteiger partial charge < -0.3 is 0 Å². The predicted molar refractivity (Wildman–Crippen MR) is 69.0 cm³/mol. The van der Waals surface area contributed by atoms with Gasteiger partial charge in [0.15, 0.2) is 0 Å². The van der Waals surface area contributed by atoms with Crippen LogP contribution < -0.4 is 0 Å². The molecule has 0 saturated heterocycles. The zero-order valence-electron chi connectivity index (χ0n) is 9.77. The maximum atomic E-state index is 11.5. The minimum absolute atomic E-state index is 0.0404. The van der Waals surface area contributed by atoms with Crippen LogP contribution in [0.5, 0.6) is 0 Å². The standard InChI is InChI=1S/C12H14BrNO3/c1-3-11(15)8(2)7-9-5-4-6-10(12(9)13)14(16)17/h4-6,8H,3,7H2,1-2H3. The van der Waals surface area contributed by atoms with Crippen molar-refractivity contribution in [2.24, 2.45) is 5.92 Å². The van der Waals surface area contributed by atoms with Crippen molar-refractivity contribution in [3.05, 3.63) is 38.3 Å². The molecule has 0 heterocycles. The lowest BCUT2D eigenvalue weighted by molar-refractivity contribution is -0.385. The van der Waals surface area contributed by atoms with Crippen LogP contribution in [0.3, 0.4) is 0 Å². The van der Waals surface area contributed by atoms with Crippen LogP contribution in [0.2, 0.25) is 0 Å². The van der Waals surface area contributed by atoms with Crippen LogP contribution in [-0.2, 0) is 11.2 Å². The van der Waals surface area contributed by atoms with Gasteiger partial charge in [0.2, 0.25) is 0 Å². The Morgan fingerprint density at radius 2 is 2.18 bits per heavy atom. The van der Waals surface area contributed by atoms with Gasteiger partial charge in [0.1, 0.15) is 5.78 Å². The van der Waals surface area contributed by atoms with Crippen LogP contribution in [0.1, 0.15) is 25.8 Å². The minimum atomic E-state index is -0.431. The SMILES string of the molecule is CCC(=O)C(C)Cc1cccc([N+](=O)[O-])c1Br. The molecule has 0 bridgehead atoms. The number of nitro groups is 1. The van der Waals surface area contributed by atoms with Gasteiger partial charge in [0.05, 0.1) is 9.40 Å². The van der Waals surface area contributed by atoms with Gasteiger partial charge in [-0.05, 0) is 27.9 Å². The number of nitro benzene ring substituents is 1. The molecule has 92 valence electrons. The molecule has 1 atom stereocenters. The van der Waals surface area contributed by atoms with Crippen molar-refractivity contribution in [2.75, 3.05) is 0 Å². The molecule has 0 amide bonds. The summed E-state index contributed by atoms with van der Waals surface area (Å²) >= 11 is 3.23. The summed E-state index contributed by atoms with van der Waals surface area (Å²) in [4.78, 5) is 21.8. The van der Waals surface area contributed by atoms with Gasteiger partial charge in [-0.15, -0.1) is 0 Å². The van der Waals surface area contributed by atoms with E-state index < -0.39 is 4.92 Å². The Morgan fingerprint density at radius 3 is 2.71 bits per heavy atom. The van der Waals surface area contributed by atoms with E-state index in [0.717, 1.165) is 5.56 Å². The number of carbonyl (C=O) groups excluding carboxylic acids is 1. The first-order chi connectivity index (χ1) is 7.97. The van der Waals surface area contributed by atoms with Crippen molar-refractivity contribution in [1.29, 1.82) is 0 Å². The second-order valence-corrected chi connectivity index (χ2v) is 4.73. The van der Waals surface area contributed by atoms with Gasteiger partial charge in [-0.1, -0.05) is 26.0 Å². The summed E-state index contributed by atoms with van der Waals surface area (Å²) in [7, 11) is 0. The van der Waals surface area contributed by atoms with E-state index in [1.165, 1.54) is 6.07 Å². The van der Waals surface area contributed by atoms with E-state index in [0.29, 0.717) is 17.3 Å². The van der Waals surface area contributed by atoms with E-state index in [9.17, 15) is 14.9 Å². The molecule has 0 saturated carbocycles. The Morgan fingerprint density at radius 1 is 1.53 bits per heavy atom. The van der Waals surface area contributed by atoms with Crippen molar-refractivity contribution in [2.45, 2.75) is 26.7 Å². The third-order valence-corrected chi connectivity index (χ3v) is 3.59. The summed E-state index contributed by atoms with van der Waals surface area (Å²) in [5.74, 6) is 0.0571. The number of halogens is 1. The summed E-state index contributed by atoms with van der Waals surface area (Å²) in [6.07, 6.45) is 1.02. The summed E-state index contributed by atoms with van der Waals surface area (Å²) < 4.78 is 0.473. The van der Waals surface area contributed by atoms with Gasteiger partial charge in [-0.25, -0.2) is 0 Å². The second-order valence-electron chi connectivity index (χ2n) is 3.93. The number of rotatable bonds is 5. The molecule has 0 radical (unpaired) electrons. The summed E-state index contributed by atoms with van der Waals surface area (Å²) in [5.41, 5.74) is 0.840. The first kappa shape index (κ1) is 13.8. The molecule has 1 rings (SSSR count). The fourth-order valence-corrected chi connectivity index (χ4v) is 2.23. The third-order valence-electron chi connectivity index (χ3n) is 2.68. The van der Waals surface area contributed by atoms with Gasteiger partial charge in [-0.2, -0.15) is 0 Å². The number of nitrogens with zero attached hydrogens (tertiary/aromatic N) is 1. The highest BCUT2D eigenvalue weighted by molar-refractivity contribution is 9.10. The van der Waals surface area contributed by atoms with E-state index in [4.69, 9.17) is 0 Å². The monoisotopic (exact) mass is 299 g/mol. The van der Waals surface area contributed by atoms with E-state index in [1.807, 2.05) is 13.8 Å². The van der Waals surface area contributed by atoms with Gasteiger partial charge in [-0.3, -0.25) is 14.9 Å². The average Bonchev–Trinajstić information content (AvgIpc) is 2.30. The third kappa shape index (κ3) is 3.36. The lowest BCUT2D eigenvalue weighted by Gasteiger charge is -2.10. The lowest BCUT2D eigenvalue weighted by Crippen LogP contribution is -2.12. The topological polar surface area (TPSA) is 60.2 Å². The predicted octanol–water partition coefficient (Wildman–Crippen LogP) is 3.52. The smallest absolute Gasteiger partial charge is 0.283 e. The van der Waals surface area contributed by atoms with Crippen LogP contribution in [0.4, 0.5) is 5.69 Å². The number of ketones is 1. The number of carbonyl (C=O) groups is 1. The number of benzene rings is 1. The zero-order valence-corrected chi connectivity index (χ0v) is 11.4. The molecule has 0 aromatic heterocycles. The highest BCUT2D eigenvalue weighted by Crippen LogP contribution is 2.30. The first-order valence-corrected chi connectivity index (χ1v) is 6.21. The number of hydrogen-bond donors (Lipinski definition) is 0. The summed E-state index contributed by atoms with van der Waals surface area (Å²) in [5, 5.41) is 10.8. The molecule has 0 spiro atoms. The van der Waals surface area contributed by atoms with Gasteiger partial charge >= 0.3 is 0 Å². The van der Waals surface area contributed by atoms with Crippen LogP contribution in [0.25, 0.3) is 0 Å². The van der Waals surface area contributed by atoms with E-state index in [-0.39, 0.29) is 17.4 Å². The minimum Gasteiger partial charge on any atom is -0.299 e. The van der Waals surface area contributed by atoms with E-state index in [2.05, 4.69) is 15.9 Å². The average molecular weight is 300 g/mol. The fraction of sp³-hybridized carbons (Fsp3) is 0.417. The largest absolute Gasteiger partial charge is 0.299 e. The Balaban J connectivity index is 2.96. The second kappa shape index (κ2) is 5.91. The maximum absolute atomic E-state index is 11.5. The van der Waals surface area contributed by atoms with E-state index in [1.54, 1.807) is 12.1 Å². The number of Topliss-reactive ketones (excluding diaryl/α,β-unsaturated/α-hetero) is 1. The molecule has 0 aliphatic heterocycles. The quantitative estimate of drug-likeness (QED) is 0.617. The molecule has 1 unspecified atom stereocenters. The van der Waals surface area contributed by atoms with Crippen molar-refractivity contribution in [3.8, 4) is 0 Å². The molecule has 0 fully saturated rings. The molecular formula is C12H14BrNO3. The van der Waals surface area contributed by atoms with Gasteiger partial charge in [0, 0.05) is 18.4 Å². The Bertz CT molecular complexity index is 445. The fourth-order valence-electron chi connectivity index (χ4n) is 1.66. The first-order valence-electron chi connectivity index (χ1n) is 5.41. The molecule has 4 nitrogen and oxygen atoms in total. The Hall–Kier alpha value is -1.23. The van der Waals surface area contributed by atoms with Crippen molar-refractivity contribution < 1.29 is 9.72 Å². The Labute approximate surface area is 108 Å². The van der Waals surface area contributed by atoms with Crippen molar-refractivity contribution >= 4 is 27.4 Å². The van der Waals surface area contributed by atoms with Crippen molar-refractivity contribution in [3.63, 3.8) is 0 Å². The molecule has 0 N–H and O–H groups in total. The van der Waals surface area contributed by atoms with Crippen LogP contribution in [0.15, 0.2) is 22.7 Å². The highest BCUT2D eigenvalue weighted by Gasteiger charge is 2.18. The molecule has 5 heteroatoms. The molecule has 1 aromatic carbocycles. The zero-order chi connectivity index (χ0) is 13.0. The van der Waals surface area contributed by atoms with Crippen LogP contribution in [0, 0.1) is 16.0 Å². The molecule has 0 aliphatic carbocycles. The molecule has 1 aromatic rings. The lowest BCUT2D eigenvalue weighted by atomic mass is 9.95. The van der Waals surface area contributed by atoms with Gasteiger partial charge in [0.25, 0.3) is 5.69 Å². The van der Waals surface area contributed by atoms with Crippen LogP contribution in [-0.4, -0.2) is 10.7 Å². The Kier molecular flexibility index (Phi) is 4.81. The highest BCUT2D eigenvalue weighted by atomic mass is 79.9. The maximum Gasteiger partial charge on any atom is 0.283 e.